The van der Waals surface area contributed by atoms with E-state index in [2.05, 4.69) is 5.92 Å². The van der Waals surface area contributed by atoms with Gasteiger partial charge in [-0.2, -0.15) is 0 Å². The van der Waals surface area contributed by atoms with Crippen molar-refractivity contribution in [1.29, 1.82) is 0 Å². The molecule has 0 heterocycles. The first kappa shape index (κ1) is 6.67. The summed E-state index contributed by atoms with van der Waals surface area (Å²) in [6.45, 7) is 1.45. The lowest BCUT2D eigenvalue weighted by molar-refractivity contribution is 0.533. The Kier molecular flexibility index (Phi) is 2.65. The van der Waals surface area contributed by atoms with Gasteiger partial charge < -0.3 is 4.55 Å². The van der Waals surface area contributed by atoms with E-state index in [0.717, 1.165) is 0 Å². The topological polar surface area (TPSA) is 40.1 Å². The molecule has 0 N–H and O–H groups in total. The van der Waals surface area contributed by atoms with Crippen molar-refractivity contribution in [1.82, 2.24) is 0 Å². The van der Waals surface area contributed by atoms with Crippen LogP contribution in [-0.4, -0.2) is 14.0 Å². The van der Waals surface area contributed by atoms with Gasteiger partial charge in [0.15, 0.2) is 0 Å². The zero-order valence-corrected chi connectivity index (χ0v) is 4.70. The van der Waals surface area contributed by atoms with Gasteiger partial charge in [0, 0.05) is 0 Å². The molecule has 0 saturated carbocycles. The van der Waals surface area contributed by atoms with Crippen LogP contribution in [0.3, 0.4) is 0 Å². The highest BCUT2D eigenvalue weighted by molar-refractivity contribution is 7.80. The van der Waals surface area contributed by atoms with Gasteiger partial charge in [0.1, 0.15) is 0 Å². The number of hydrogen-bond donors (Lipinski definition) is 0. The zero-order valence-electron chi connectivity index (χ0n) is 3.88. The molecule has 7 heavy (non-hydrogen) atoms. The SMILES string of the molecule is C#CC(C)S(=O)[O-]. The minimum Gasteiger partial charge on any atom is -0.771 e. The zero-order chi connectivity index (χ0) is 5.86. The van der Waals surface area contributed by atoms with Crippen molar-refractivity contribution in [3.8, 4) is 12.3 Å². The fraction of sp³-hybridized carbons (Fsp3) is 0.500. The van der Waals surface area contributed by atoms with E-state index in [1.54, 1.807) is 0 Å². The fourth-order valence-electron chi connectivity index (χ4n) is 0.0556. The molecule has 0 saturated heterocycles. The van der Waals surface area contributed by atoms with E-state index in [1.807, 2.05) is 0 Å². The molecule has 2 nitrogen and oxygen atoms in total. The number of terminal acetylenes is 1. The van der Waals surface area contributed by atoms with Gasteiger partial charge in [-0.25, -0.2) is 0 Å². The lowest BCUT2D eigenvalue weighted by Crippen LogP contribution is -2.05. The summed E-state index contributed by atoms with van der Waals surface area (Å²) in [5.41, 5.74) is 0. The van der Waals surface area contributed by atoms with Gasteiger partial charge in [0.25, 0.3) is 0 Å². The van der Waals surface area contributed by atoms with Gasteiger partial charge in [-0.15, -0.1) is 6.42 Å². The van der Waals surface area contributed by atoms with Crippen molar-refractivity contribution >= 4 is 11.1 Å². The summed E-state index contributed by atoms with van der Waals surface area (Å²) in [6.07, 6.45) is 4.73. The van der Waals surface area contributed by atoms with Crippen molar-refractivity contribution in [3.05, 3.63) is 0 Å². The van der Waals surface area contributed by atoms with Crippen molar-refractivity contribution in [2.75, 3.05) is 0 Å². The second-order valence-corrected chi connectivity index (χ2v) is 2.30. The first-order chi connectivity index (χ1) is 3.18. The van der Waals surface area contributed by atoms with Crippen molar-refractivity contribution < 1.29 is 8.76 Å². The molecule has 0 aromatic rings. The molecule has 0 spiro atoms. The molecule has 0 rings (SSSR count). The van der Waals surface area contributed by atoms with Crippen LogP contribution in [0.2, 0.25) is 0 Å². The summed E-state index contributed by atoms with van der Waals surface area (Å²) in [7, 11) is 0. The third-order valence-corrected chi connectivity index (χ3v) is 1.24. The Morgan fingerprint density at radius 2 is 2.43 bits per heavy atom. The van der Waals surface area contributed by atoms with Crippen molar-refractivity contribution in [2.24, 2.45) is 0 Å². The van der Waals surface area contributed by atoms with Crippen LogP contribution in [0.1, 0.15) is 6.92 Å². The first-order valence-corrected chi connectivity index (χ1v) is 2.86. The minimum atomic E-state index is -2.10. The molecule has 0 bridgehead atoms. The van der Waals surface area contributed by atoms with Gasteiger partial charge in [-0.1, -0.05) is 5.92 Å². The van der Waals surface area contributed by atoms with Crippen LogP contribution in [0, 0.1) is 12.3 Å². The summed E-state index contributed by atoms with van der Waals surface area (Å²) >= 11 is -2.10. The van der Waals surface area contributed by atoms with Gasteiger partial charge in [-0.05, 0) is 18.0 Å². The maximum absolute atomic E-state index is 9.79. The van der Waals surface area contributed by atoms with Gasteiger partial charge in [0.05, 0.1) is 5.25 Å². The van der Waals surface area contributed by atoms with Gasteiger partial charge in [-0.3, -0.25) is 4.21 Å². The molecule has 0 aromatic carbocycles. The van der Waals surface area contributed by atoms with E-state index in [1.165, 1.54) is 6.92 Å². The molecular formula is C4H5O2S-. The molecule has 3 heteroatoms. The lowest BCUT2D eigenvalue weighted by atomic mass is 10.5. The molecule has 0 radical (unpaired) electrons. The third-order valence-electron chi connectivity index (χ3n) is 0.523. The molecule has 0 amide bonds. The summed E-state index contributed by atoms with van der Waals surface area (Å²) < 4.78 is 19.6. The Morgan fingerprint density at radius 1 is 2.00 bits per heavy atom. The average molecular weight is 117 g/mol. The van der Waals surface area contributed by atoms with E-state index in [9.17, 15) is 8.76 Å². The average Bonchev–Trinajstić information content (AvgIpc) is 1.65. The Morgan fingerprint density at radius 3 is 2.43 bits per heavy atom. The minimum absolute atomic E-state index is 0.653. The normalized spacial score (nSPS) is 17.3. The van der Waals surface area contributed by atoms with Crippen LogP contribution >= 0.6 is 0 Å². The molecule has 40 valence electrons. The van der Waals surface area contributed by atoms with Gasteiger partial charge >= 0.3 is 0 Å². The fourth-order valence-corrected chi connectivity index (χ4v) is 0.167. The quantitative estimate of drug-likeness (QED) is 0.355. The smallest absolute Gasteiger partial charge is 0.0793 e. The lowest BCUT2D eigenvalue weighted by Gasteiger charge is -2.04. The monoisotopic (exact) mass is 117 g/mol. The van der Waals surface area contributed by atoms with Crippen molar-refractivity contribution in [2.45, 2.75) is 12.2 Å². The highest BCUT2D eigenvalue weighted by Crippen LogP contribution is 1.85. The standard InChI is InChI=1S/C4H6O2S/c1-3-4(2)7(5)6/h1,4H,2H3,(H,5,6)/p-1. The predicted molar refractivity (Wildman–Crippen MR) is 27.2 cm³/mol. The molecule has 0 aliphatic carbocycles. The second-order valence-electron chi connectivity index (χ2n) is 1.07. The van der Waals surface area contributed by atoms with E-state index < -0.39 is 16.3 Å². The van der Waals surface area contributed by atoms with E-state index in [4.69, 9.17) is 6.42 Å². The van der Waals surface area contributed by atoms with Crippen LogP contribution < -0.4 is 0 Å². The van der Waals surface area contributed by atoms with Crippen LogP contribution in [0.5, 0.6) is 0 Å². The Labute approximate surface area is 45.2 Å². The molecular weight excluding hydrogens is 112 g/mol. The van der Waals surface area contributed by atoms with Crippen LogP contribution in [0.15, 0.2) is 0 Å². The van der Waals surface area contributed by atoms with E-state index in [-0.39, 0.29) is 0 Å². The molecule has 0 aliphatic heterocycles. The first-order valence-electron chi connectivity index (χ1n) is 1.72. The highest BCUT2D eigenvalue weighted by Gasteiger charge is 1.90. The van der Waals surface area contributed by atoms with Crippen molar-refractivity contribution in [3.63, 3.8) is 0 Å². The predicted octanol–water partition coefficient (Wildman–Crippen LogP) is -0.113. The molecule has 0 aliphatic rings. The largest absolute Gasteiger partial charge is 0.771 e. The van der Waals surface area contributed by atoms with E-state index >= 15 is 0 Å². The maximum Gasteiger partial charge on any atom is 0.0793 e. The van der Waals surface area contributed by atoms with Crippen LogP contribution in [0.25, 0.3) is 0 Å². The van der Waals surface area contributed by atoms with Gasteiger partial charge in [0.2, 0.25) is 0 Å². The highest BCUT2D eigenvalue weighted by atomic mass is 32.2. The third kappa shape index (κ3) is 2.38. The maximum atomic E-state index is 9.79. The Balaban J connectivity index is 3.63. The number of rotatable bonds is 1. The Bertz CT molecular complexity index is 113. The van der Waals surface area contributed by atoms with Crippen LogP contribution in [0.4, 0.5) is 0 Å². The summed E-state index contributed by atoms with van der Waals surface area (Å²) in [5.74, 6) is 2.05. The summed E-state index contributed by atoms with van der Waals surface area (Å²) in [6, 6.07) is 0. The number of hydrogen-bond acceptors (Lipinski definition) is 2. The van der Waals surface area contributed by atoms with E-state index in [0.29, 0.717) is 0 Å². The molecule has 2 unspecified atom stereocenters. The molecule has 2 atom stereocenters. The molecule has 0 fully saturated rings. The Hall–Kier alpha value is -0.330. The second kappa shape index (κ2) is 2.78. The molecule has 0 aromatic heterocycles. The summed E-state index contributed by atoms with van der Waals surface area (Å²) in [4.78, 5) is 0. The summed E-state index contributed by atoms with van der Waals surface area (Å²) in [5, 5.41) is -0.653. The van der Waals surface area contributed by atoms with Crippen LogP contribution in [-0.2, 0) is 11.1 Å².